The highest BCUT2D eigenvalue weighted by atomic mass is 35.5. The van der Waals surface area contributed by atoms with E-state index >= 15 is 0 Å². The number of halogens is 4. The fourth-order valence-electron chi connectivity index (χ4n) is 8.69. The minimum atomic E-state index is -5.08. The number of hydrogen-bond acceptors (Lipinski definition) is 12. The second kappa shape index (κ2) is 20.5. The Balaban J connectivity index is 1.06. The third-order valence-corrected chi connectivity index (χ3v) is 12.8. The van der Waals surface area contributed by atoms with E-state index in [-0.39, 0.29) is 64.9 Å². The predicted molar refractivity (Wildman–Crippen MR) is 240 cm³/mol. The number of piperazine rings is 1. The number of aromatic amines is 1. The van der Waals surface area contributed by atoms with Gasteiger partial charge in [-0.25, -0.2) is 14.8 Å². The summed E-state index contributed by atoms with van der Waals surface area (Å²) in [5.41, 5.74) is 0.623. The highest BCUT2D eigenvalue weighted by Gasteiger charge is 2.43. The lowest BCUT2D eigenvalue weighted by Gasteiger charge is -2.42. The predicted octanol–water partition coefficient (Wildman–Crippen LogP) is 6.44. The fourth-order valence-corrected chi connectivity index (χ4v) is 8.91. The van der Waals surface area contributed by atoms with Crippen molar-refractivity contribution in [1.82, 2.24) is 30.1 Å². The van der Waals surface area contributed by atoms with E-state index in [1.165, 1.54) is 25.4 Å². The Hall–Kier alpha value is -5.96. The number of H-pyrrole nitrogens is 1. The Morgan fingerprint density at radius 1 is 0.985 bits per heavy atom. The molecule has 4 atom stereocenters. The van der Waals surface area contributed by atoms with Gasteiger partial charge in [0, 0.05) is 76.8 Å². The van der Waals surface area contributed by atoms with Gasteiger partial charge < -0.3 is 54.4 Å². The van der Waals surface area contributed by atoms with Gasteiger partial charge in [0.25, 0.3) is 5.91 Å². The van der Waals surface area contributed by atoms with Gasteiger partial charge in [0.1, 0.15) is 23.4 Å². The third-order valence-electron chi connectivity index (χ3n) is 12.5. The lowest BCUT2D eigenvalue weighted by molar-refractivity contribution is -0.274. The van der Waals surface area contributed by atoms with Crippen LogP contribution in [0.3, 0.4) is 0 Å². The summed E-state index contributed by atoms with van der Waals surface area (Å²) in [7, 11) is 2.80. The van der Waals surface area contributed by atoms with Crippen LogP contribution < -0.4 is 20.3 Å². The average Bonchev–Trinajstić information content (AvgIpc) is 3.99. The largest absolute Gasteiger partial charge is 0.573 e. The normalized spacial score (nSPS) is 19.8. The lowest BCUT2D eigenvalue weighted by atomic mass is 9.90. The van der Waals surface area contributed by atoms with Gasteiger partial charge in [0.05, 0.1) is 59.4 Å². The third kappa shape index (κ3) is 11.3. The number of anilines is 2. The van der Waals surface area contributed by atoms with Crippen molar-refractivity contribution in [3.63, 3.8) is 0 Å². The van der Waals surface area contributed by atoms with Gasteiger partial charge in [0.2, 0.25) is 11.8 Å². The molecule has 3 aliphatic heterocycles. The van der Waals surface area contributed by atoms with E-state index in [9.17, 15) is 37.5 Å². The molecule has 0 radical (unpaired) electrons. The standard InChI is InChI=1S/C46H54ClF3N8O9/c1-26-23-56(43(62)45(2,3)25-59)14-15-57(26)38-11-10-30(21-51-38)41(60)54-34-20-37(67-46(48,49)50)32(19-33(34)47)27-6-8-28(9-7-27)35-22-52-40(53-35)36-18-31(64-4)24-58(36)42(61)39(55-44(63)65-5)29-12-16-66-17-13-29/h6-11,19-22,26,29,31,36,39,59H,12-18,23-25H2,1-5H3,(H,52,53)(H,54,60)(H,55,63)/t26-,31+,36+,39-/m1/s1. The number of nitrogens with zero attached hydrogens (tertiary/aromatic N) is 5. The topological polar surface area (TPSA) is 201 Å². The molecule has 0 spiro atoms. The molecule has 2 aromatic carbocycles. The van der Waals surface area contributed by atoms with E-state index in [4.69, 9.17) is 25.8 Å². The van der Waals surface area contributed by atoms with Crippen molar-refractivity contribution in [2.75, 3.05) is 70.4 Å². The monoisotopic (exact) mass is 954 g/mol. The number of nitrogens with one attached hydrogen (secondary N) is 3. The maximum atomic E-state index is 14.2. The van der Waals surface area contributed by atoms with Crippen LogP contribution in [0.5, 0.6) is 5.75 Å². The zero-order valence-corrected chi connectivity index (χ0v) is 38.4. The number of hydrogen-bond donors (Lipinski definition) is 4. The summed E-state index contributed by atoms with van der Waals surface area (Å²) >= 11 is 6.61. The molecule has 21 heteroatoms. The number of ether oxygens (including phenoxy) is 4. The van der Waals surface area contributed by atoms with E-state index in [0.717, 1.165) is 6.07 Å². The quantitative estimate of drug-likeness (QED) is 0.115. The number of aromatic nitrogens is 3. The van der Waals surface area contributed by atoms with Crippen LogP contribution in [0, 0.1) is 11.3 Å². The average molecular weight is 955 g/mol. The van der Waals surface area contributed by atoms with Crippen molar-refractivity contribution < 1.29 is 56.4 Å². The zero-order valence-electron chi connectivity index (χ0n) is 37.7. The number of aliphatic hydroxyl groups is 1. The summed E-state index contributed by atoms with van der Waals surface area (Å²) in [5, 5.41) is 14.9. The molecule has 0 unspecified atom stereocenters. The van der Waals surface area contributed by atoms with Crippen LogP contribution in [-0.2, 0) is 23.8 Å². The molecule has 2 aromatic heterocycles. The molecule has 4 amide bonds. The van der Waals surface area contributed by atoms with Crippen LogP contribution >= 0.6 is 11.6 Å². The molecule has 3 saturated heterocycles. The van der Waals surface area contributed by atoms with Crippen molar-refractivity contribution in [2.45, 2.75) is 70.6 Å². The van der Waals surface area contributed by atoms with Gasteiger partial charge in [-0.05, 0) is 68.9 Å². The highest BCUT2D eigenvalue weighted by molar-refractivity contribution is 6.34. The first-order valence-electron chi connectivity index (χ1n) is 21.8. The van der Waals surface area contributed by atoms with Crippen molar-refractivity contribution in [1.29, 1.82) is 0 Å². The Morgan fingerprint density at radius 2 is 1.70 bits per heavy atom. The highest BCUT2D eigenvalue weighted by Crippen LogP contribution is 2.41. The number of alkyl halides is 3. The maximum absolute atomic E-state index is 14.2. The molecule has 0 bridgehead atoms. The molecule has 3 aliphatic rings. The first-order chi connectivity index (χ1) is 31.9. The molecule has 67 heavy (non-hydrogen) atoms. The number of likely N-dealkylation sites (tertiary alicyclic amines) is 1. The molecule has 4 N–H and O–H groups in total. The minimum Gasteiger partial charge on any atom is -0.453 e. The molecule has 17 nitrogen and oxygen atoms in total. The summed E-state index contributed by atoms with van der Waals surface area (Å²) in [6, 6.07) is 10.5. The number of methoxy groups -OCH3 is 2. The van der Waals surface area contributed by atoms with Crippen molar-refractivity contribution >= 4 is 46.9 Å². The van der Waals surface area contributed by atoms with Gasteiger partial charge in [-0.2, -0.15) is 0 Å². The molecule has 360 valence electrons. The molecule has 3 fully saturated rings. The first-order valence-corrected chi connectivity index (χ1v) is 22.2. The molecule has 5 heterocycles. The number of pyridine rings is 1. The van der Waals surface area contributed by atoms with Gasteiger partial charge >= 0.3 is 12.5 Å². The zero-order chi connectivity index (χ0) is 48.2. The Bertz CT molecular complexity index is 2410. The molecule has 0 aliphatic carbocycles. The molecule has 0 saturated carbocycles. The van der Waals surface area contributed by atoms with Crippen LogP contribution in [0.25, 0.3) is 22.4 Å². The minimum absolute atomic E-state index is 0.00407. The van der Waals surface area contributed by atoms with E-state index < -0.39 is 41.6 Å². The number of imidazole rings is 1. The number of alkyl carbamates (subject to hydrolysis) is 1. The molecule has 7 rings (SSSR count). The SMILES string of the molecule is COC(=O)N[C@@H](C(=O)N1C[C@@H](OC)C[C@H]1c1ncc(-c2ccc(-c3cc(Cl)c(NC(=O)c4ccc(N5CCN(C(=O)C(C)(C)CO)C[C@H]5C)nc4)cc3OC(F)(F)F)cc2)[nH]1)C1CCOCC1. The molecular weight excluding hydrogens is 901 g/mol. The first kappa shape index (κ1) is 49.0. The number of carbonyl (C=O) groups is 4. The lowest BCUT2D eigenvalue weighted by Crippen LogP contribution is -2.56. The summed E-state index contributed by atoms with van der Waals surface area (Å²) in [4.78, 5) is 70.6. The Morgan fingerprint density at radius 3 is 2.33 bits per heavy atom. The Kier molecular flexibility index (Phi) is 15.0. The van der Waals surface area contributed by atoms with E-state index in [2.05, 4.69) is 30.3 Å². The number of carbonyl (C=O) groups excluding carboxylic acids is 4. The van der Waals surface area contributed by atoms with E-state index in [0.29, 0.717) is 80.6 Å². The summed E-state index contributed by atoms with van der Waals surface area (Å²) in [6.45, 7) is 7.54. The number of rotatable bonds is 13. The van der Waals surface area contributed by atoms with Crippen molar-refractivity contribution in [3.8, 4) is 28.1 Å². The second-order valence-electron chi connectivity index (χ2n) is 17.5. The number of aliphatic hydroxyl groups excluding tert-OH is 1. The summed E-state index contributed by atoms with van der Waals surface area (Å²) < 4.78 is 62.0. The number of benzene rings is 2. The van der Waals surface area contributed by atoms with E-state index in [1.54, 1.807) is 67.3 Å². The van der Waals surface area contributed by atoms with Crippen LogP contribution in [0.2, 0.25) is 5.02 Å². The van der Waals surface area contributed by atoms with Crippen LogP contribution in [0.4, 0.5) is 29.5 Å². The second-order valence-corrected chi connectivity index (χ2v) is 17.9. The molecule has 4 aromatic rings. The van der Waals surface area contributed by atoms with Crippen molar-refractivity contribution in [2.24, 2.45) is 11.3 Å². The van der Waals surface area contributed by atoms with Gasteiger partial charge in [-0.15, -0.1) is 13.2 Å². The van der Waals surface area contributed by atoms with Crippen LogP contribution in [0.1, 0.15) is 62.3 Å². The van der Waals surface area contributed by atoms with Gasteiger partial charge in [0.15, 0.2) is 0 Å². The smallest absolute Gasteiger partial charge is 0.453 e. The maximum Gasteiger partial charge on any atom is 0.573 e. The Labute approximate surface area is 390 Å². The molecular formula is C46H54ClF3N8O9. The van der Waals surface area contributed by atoms with Crippen LogP contribution in [0.15, 0.2) is 60.9 Å². The van der Waals surface area contributed by atoms with E-state index in [1.807, 2.05) is 11.8 Å². The summed E-state index contributed by atoms with van der Waals surface area (Å²) in [6.07, 6.45) is -1.57. The van der Waals surface area contributed by atoms with Gasteiger partial charge in [-0.1, -0.05) is 35.9 Å². The van der Waals surface area contributed by atoms with Gasteiger partial charge in [-0.3, -0.25) is 14.4 Å². The fraction of sp³-hybridized carbons (Fsp3) is 0.478. The van der Waals surface area contributed by atoms with Crippen molar-refractivity contribution in [3.05, 3.63) is 77.3 Å². The number of amides is 4. The van der Waals surface area contributed by atoms with Crippen LogP contribution in [-0.4, -0.2) is 138 Å². The summed E-state index contributed by atoms with van der Waals surface area (Å²) in [5.74, 6) is -0.845.